The monoisotopic (exact) mass is 409 g/mol. The normalized spacial score (nSPS) is 25.6. The van der Waals surface area contributed by atoms with E-state index in [1.807, 2.05) is 12.1 Å². The molecular formula is C25H35N3O2. The van der Waals surface area contributed by atoms with Crippen molar-refractivity contribution in [2.75, 3.05) is 26.7 Å². The predicted octanol–water partition coefficient (Wildman–Crippen LogP) is 4.54. The highest BCUT2D eigenvalue weighted by molar-refractivity contribution is 6.08. The lowest BCUT2D eigenvalue weighted by Gasteiger charge is -2.42. The molecule has 2 saturated heterocycles. The Balaban J connectivity index is 1.49. The van der Waals surface area contributed by atoms with Crippen LogP contribution in [0.1, 0.15) is 62.2 Å². The van der Waals surface area contributed by atoms with Crippen molar-refractivity contribution in [1.82, 2.24) is 14.4 Å². The lowest BCUT2D eigenvalue weighted by Crippen LogP contribution is -2.56. The maximum absolute atomic E-state index is 13.8. The van der Waals surface area contributed by atoms with Gasteiger partial charge in [0, 0.05) is 43.3 Å². The number of rotatable bonds is 4. The topological polar surface area (TPSA) is 37.7 Å². The number of aromatic nitrogens is 1. The molecule has 2 atom stereocenters. The van der Waals surface area contributed by atoms with Crippen LogP contribution in [0.2, 0.25) is 0 Å². The molecule has 2 aliphatic heterocycles. The lowest BCUT2D eigenvalue weighted by molar-refractivity contribution is 0.0397. The minimum Gasteiger partial charge on any atom is -0.495 e. The molecule has 1 aromatic carbocycles. The zero-order valence-electron chi connectivity index (χ0n) is 18.5. The van der Waals surface area contributed by atoms with E-state index < -0.39 is 0 Å². The number of carbonyl (C=O) groups is 1. The molecule has 1 saturated carbocycles. The predicted molar refractivity (Wildman–Crippen MR) is 120 cm³/mol. The van der Waals surface area contributed by atoms with Crippen molar-refractivity contribution in [3.05, 3.63) is 30.0 Å². The second kappa shape index (κ2) is 8.26. The fourth-order valence-electron chi connectivity index (χ4n) is 6.08. The first-order valence-electron chi connectivity index (χ1n) is 11.9. The van der Waals surface area contributed by atoms with E-state index in [0.717, 1.165) is 41.9 Å². The van der Waals surface area contributed by atoms with Crippen molar-refractivity contribution in [2.24, 2.45) is 5.92 Å². The molecule has 5 heteroatoms. The van der Waals surface area contributed by atoms with Gasteiger partial charge in [-0.3, -0.25) is 9.69 Å². The van der Waals surface area contributed by atoms with E-state index in [9.17, 15) is 4.79 Å². The Labute approximate surface area is 180 Å². The van der Waals surface area contributed by atoms with E-state index in [4.69, 9.17) is 4.74 Å². The van der Waals surface area contributed by atoms with Gasteiger partial charge in [-0.25, -0.2) is 0 Å². The number of carbonyl (C=O) groups excluding carboxylic acids is 1. The molecule has 1 unspecified atom stereocenters. The Morgan fingerprint density at radius 1 is 1.10 bits per heavy atom. The van der Waals surface area contributed by atoms with E-state index >= 15 is 0 Å². The van der Waals surface area contributed by atoms with Gasteiger partial charge < -0.3 is 14.2 Å². The molecule has 0 N–H and O–H groups in total. The van der Waals surface area contributed by atoms with Crippen molar-refractivity contribution < 1.29 is 9.53 Å². The second-order valence-electron chi connectivity index (χ2n) is 9.65. The summed E-state index contributed by atoms with van der Waals surface area (Å²) in [7, 11) is 1.73. The molecule has 0 spiro atoms. The third-order valence-corrected chi connectivity index (χ3v) is 7.69. The van der Waals surface area contributed by atoms with Crippen molar-refractivity contribution in [3.63, 3.8) is 0 Å². The summed E-state index contributed by atoms with van der Waals surface area (Å²) in [6.07, 6.45) is 11.2. The Morgan fingerprint density at radius 2 is 1.93 bits per heavy atom. The van der Waals surface area contributed by atoms with Gasteiger partial charge in [0.1, 0.15) is 5.75 Å². The SMILES string of the molecule is COc1cccc2c(C(=O)N3CC4CCCN4C[C@@H]3C)cn(CC3CCCCC3)c12. The Morgan fingerprint density at radius 3 is 2.73 bits per heavy atom. The number of benzene rings is 1. The standard InChI is InChI=1S/C25H35N3O2/c1-18-14-26-13-7-10-20(26)16-28(18)25(29)22-17-27(15-19-8-4-3-5-9-19)24-21(22)11-6-12-23(24)30-2/h6,11-12,17-20H,3-5,7-10,13-16H2,1-2H3/t18-,20?/m0/s1. The van der Waals surface area contributed by atoms with Crippen molar-refractivity contribution in [3.8, 4) is 5.75 Å². The lowest BCUT2D eigenvalue weighted by atomic mass is 9.89. The summed E-state index contributed by atoms with van der Waals surface area (Å²) in [5.74, 6) is 1.76. The smallest absolute Gasteiger partial charge is 0.256 e. The molecular weight excluding hydrogens is 374 g/mol. The highest BCUT2D eigenvalue weighted by Crippen LogP contribution is 2.34. The van der Waals surface area contributed by atoms with Crippen LogP contribution in [-0.2, 0) is 6.54 Å². The van der Waals surface area contributed by atoms with Crippen LogP contribution >= 0.6 is 0 Å². The fourth-order valence-corrected chi connectivity index (χ4v) is 6.08. The molecule has 1 aromatic heterocycles. The van der Waals surface area contributed by atoms with Gasteiger partial charge in [0.2, 0.25) is 0 Å². The van der Waals surface area contributed by atoms with E-state index in [-0.39, 0.29) is 11.9 Å². The third-order valence-electron chi connectivity index (χ3n) is 7.69. The number of methoxy groups -OCH3 is 1. The maximum atomic E-state index is 13.8. The molecule has 1 amide bonds. The molecule has 162 valence electrons. The van der Waals surface area contributed by atoms with Gasteiger partial charge >= 0.3 is 0 Å². The van der Waals surface area contributed by atoms with Crippen LogP contribution < -0.4 is 4.74 Å². The number of para-hydroxylation sites is 1. The number of ether oxygens (including phenoxy) is 1. The van der Waals surface area contributed by atoms with Gasteiger partial charge in [0.05, 0.1) is 18.2 Å². The Hall–Kier alpha value is -2.01. The largest absolute Gasteiger partial charge is 0.495 e. The molecule has 0 radical (unpaired) electrons. The summed E-state index contributed by atoms with van der Waals surface area (Å²) in [6.45, 7) is 6.24. The van der Waals surface area contributed by atoms with Crippen LogP contribution in [0, 0.1) is 5.92 Å². The van der Waals surface area contributed by atoms with Gasteiger partial charge in [0.15, 0.2) is 0 Å². The highest BCUT2D eigenvalue weighted by Gasteiger charge is 2.37. The van der Waals surface area contributed by atoms with E-state index in [0.29, 0.717) is 12.0 Å². The summed E-state index contributed by atoms with van der Waals surface area (Å²) in [5, 5.41) is 1.04. The Bertz CT molecular complexity index is 914. The van der Waals surface area contributed by atoms with E-state index in [2.05, 4.69) is 33.6 Å². The summed E-state index contributed by atoms with van der Waals surface area (Å²) in [5.41, 5.74) is 1.93. The first-order valence-corrected chi connectivity index (χ1v) is 11.9. The zero-order valence-corrected chi connectivity index (χ0v) is 18.5. The quantitative estimate of drug-likeness (QED) is 0.744. The van der Waals surface area contributed by atoms with Crippen LogP contribution in [0.3, 0.4) is 0 Å². The van der Waals surface area contributed by atoms with Crippen LogP contribution in [0.5, 0.6) is 5.75 Å². The number of piperazine rings is 1. The van der Waals surface area contributed by atoms with Crippen molar-refractivity contribution >= 4 is 16.8 Å². The third kappa shape index (κ3) is 3.51. The summed E-state index contributed by atoms with van der Waals surface area (Å²) >= 11 is 0. The van der Waals surface area contributed by atoms with Crippen LogP contribution in [0.4, 0.5) is 0 Å². The minimum absolute atomic E-state index is 0.190. The zero-order chi connectivity index (χ0) is 20.7. The molecule has 3 heterocycles. The molecule has 5 rings (SSSR count). The number of amides is 1. The van der Waals surface area contributed by atoms with E-state index in [1.54, 1.807) is 7.11 Å². The van der Waals surface area contributed by atoms with Gasteiger partial charge in [-0.1, -0.05) is 31.4 Å². The van der Waals surface area contributed by atoms with Crippen LogP contribution in [-0.4, -0.2) is 59.1 Å². The van der Waals surface area contributed by atoms with Gasteiger partial charge in [-0.05, 0) is 51.1 Å². The average molecular weight is 410 g/mol. The molecule has 3 aliphatic rings. The van der Waals surface area contributed by atoms with Crippen LogP contribution in [0.15, 0.2) is 24.4 Å². The molecule has 3 fully saturated rings. The molecule has 1 aliphatic carbocycles. The number of hydrogen-bond donors (Lipinski definition) is 0. The molecule has 30 heavy (non-hydrogen) atoms. The minimum atomic E-state index is 0.190. The van der Waals surface area contributed by atoms with Gasteiger partial charge in [-0.15, -0.1) is 0 Å². The highest BCUT2D eigenvalue weighted by atomic mass is 16.5. The Kier molecular flexibility index (Phi) is 5.48. The maximum Gasteiger partial charge on any atom is 0.256 e. The van der Waals surface area contributed by atoms with Gasteiger partial charge in [-0.2, -0.15) is 0 Å². The summed E-state index contributed by atoms with van der Waals surface area (Å²) < 4.78 is 8.03. The summed E-state index contributed by atoms with van der Waals surface area (Å²) in [6, 6.07) is 6.93. The second-order valence-corrected chi connectivity index (χ2v) is 9.65. The van der Waals surface area contributed by atoms with E-state index in [1.165, 1.54) is 51.5 Å². The van der Waals surface area contributed by atoms with Crippen molar-refractivity contribution in [1.29, 1.82) is 0 Å². The fraction of sp³-hybridized carbons (Fsp3) is 0.640. The first kappa shape index (κ1) is 19.9. The molecule has 5 nitrogen and oxygen atoms in total. The molecule has 0 bridgehead atoms. The number of fused-ring (bicyclic) bond motifs is 2. The number of hydrogen-bond acceptors (Lipinski definition) is 3. The van der Waals surface area contributed by atoms with Crippen LogP contribution in [0.25, 0.3) is 10.9 Å². The average Bonchev–Trinajstić information content (AvgIpc) is 3.37. The first-order chi connectivity index (χ1) is 14.7. The molecule has 2 aromatic rings. The van der Waals surface area contributed by atoms with Gasteiger partial charge in [0.25, 0.3) is 5.91 Å². The summed E-state index contributed by atoms with van der Waals surface area (Å²) in [4.78, 5) is 18.5. The number of nitrogens with zero attached hydrogens (tertiary/aromatic N) is 3. The van der Waals surface area contributed by atoms with Crippen molar-refractivity contribution in [2.45, 2.75) is 70.5 Å².